The SMILES string of the molecule is [CH3][Sn]([CH3])([CH3])[c]1ccc2nc(C(=O)O)[nH]c2c1. The minimum absolute atomic E-state index is 0.0104. The van der Waals surface area contributed by atoms with Crippen molar-refractivity contribution in [2.75, 3.05) is 0 Å². The van der Waals surface area contributed by atoms with Crippen LogP contribution < -0.4 is 3.58 Å². The monoisotopic (exact) mass is 326 g/mol. The fourth-order valence-corrected chi connectivity index (χ4v) is 4.89. The molecule has 84 valence electrons. The Balaban J connectivity index is 2.58. The summed E-state index contributed by atoms with van der Waals surface area (Å²) in [5.74, 6) is -1.01. The summed E-state index contributed by atoms with van der Waals surface area (Å²) in [7, 11) is 0. The van der Waals surface area contributed by atoms with Crippen LogP contribution in [-0.2, 0) is 0 Å². The number of fused-ring (bicyclic) bond motifs is 1. The molecule has 2 aromatic rings. The molecule has 5 heteroatoms. The van der Waals surface area contributed by atoms with Gasteiger partial charge in [-0.3, -0.25) is 0 Å². The molecule has 16 heavy (non-hydrogen) atoms. The number of aromatic amines is 1. The van der Waals surface area contributed by atoms with Crippen molar-refractivity contribution >= 4 is 39.0 Å². The van der Waals surface area contributed by atoms with Gasteiger partial charge in [0.1, 0.15) is 0 Å². The number of aromatic carboxylic acids is 1. The second kappa shape index (κ2) is 3.76. The molecule has 2 rings (SSSR count). The van der Waals surface area contributed by atoms with E-state index in [2.05, 4.69) is 30.9 Å². The first-order valence-electron chi connectivity index (χ1n) is 5.11. The van der Waals surface area contributed by atoms with E-state index in [4.69, 9.17) is 5.11 Å². The van der Waals surface area contributed by atoms with E-state index in [9.17, 15) is 4.79 Å². The van der Waals surface area contributed by atoms with E-state index >= 15 is 0 Å². The second-order valence-corrected chi connectivity index (χ2v) is 19.4. The molecular weight excluding hydrogens is 311 g/mol. The van der Waals surface area contributed by atoms with Crippen molar-refractivity contribution in [3.63, 3.8) is 0 Å². The standard InChI is InChI=1S/C8H5N2O2.3CH3.Sn/c11-8(12)7-9-5-3-1-2-4-6(5)10-7;;;;/h1,3-4H,(H,9,10)(H,11,12);3*1H3;. The second-order valence-electron chi connectivity index (χ2n) is 4.87. The summed E-state index contributed by atoms with van der Waals surface area (Å²) in [6.45, 7) is 0. The molecule has 1 heterocycles. The Labute approximate surface area is 97.6 Å². The van der Waals surface area contributed by atoms with Crippen molar-refractivity contribution in [3.05, 3.63) is 24.0 Å². The average Bonchev–Trinajstić information content (AvgIpc) is 2.58. The summed E-state index contributed by atoms with van der Waals surface area (Å²) in [5.41, 5.74) is 1.54. The zero-order valence-corrected chi connectivity index (χ0v) is 12.4. The Bertz CT molecular complexity index is 555. The van der Waals surface area contributed by atoms with Crippen LogP contribution in [0.15, 0.2) is 18.2 Å². The Morgan fingerprint density at radius 3 is 2.62 bits per heavy atom. The van der Waals surface area contributed by atoms with Crippen LogP contribution in [0.5, 0.6) is 0 Å². The molecule has 4 nitrogen and oxygen atoms in total. The normalized spacial score (nSPS) is 11.9. The zero-order chi connectivity index (χ0) is 11.9. The van der Waals surface area contributed by atoms with E-state index in [0.29, 0.717) is 0 Å². The molecule has 0 bridgehead atoms. The first-order chi connectivity index (χ1) is 7.38. The summed E-state index contributed by atoms with van der Waals surface area (Å²) in [6, 6.07) is 6.02. The Morgan fingerprint density at radius 1 is 1.38 bits per heavy atom. The van der Waals surface area contributed by atoms with Gasteiger partial charge in [0.15, 0.2) is 0 Å². The molecular formula is C11H14N2O2Sn. The summed E-state index contributed by atoms with van der Waals surface area (Å²) < 4.78 is 1.36. The van der Waals surface area contributed by atoms with Gasteiger partial charge in [0, 0.05) is 0 Å². The molecule has 0 aliphatic rings. The van der Waals surface area contributed by atoms with Crippen LogP contribution in [0.1, 0.15) is 10.6 Å². The van der Waals surface area contributed by atoms with Crippen molar-refractivity contribution in [1.29, 1.82) is 0 Å². The molecule has 0 amide bonds. The molecule has 1 aromatic heterocycles. The van der Waals surface area contributed by atoms with Crippen LogP contribution in [0.4, 0.5) is 0 Å². The van der Waals surface area contributed by atoms with Gasteiger partial charge in [0.05, 0.1) is 0 Å². The number of H-pyrrole nitrogens is 1. The molecule has 0 spiro atoms. The van der Waals surface area contributed by atoms with Crippen LogP contribution in [0.2, 0.25) is 14.8 Å². The molecule has 0 aliphatic carbocycles. The summed E-state index contributed by atoms with van der Waals surface area (Å²) in [6.07, 6.45) is 0. The van der Waals surface area contributed by atoms with Crippen LogP contribution in [0.25, 0.3) is 11.0 Å². The summed E-state index contributed by atoms with van der Waals surface area (Å²) >= 11 is -2.08. The summed E-state index contributed by atoms with van der Waals surface area (Å²) in [5, 5.41) is 8.83. The molecule has 1 aromatic carbocycles. The molecule has 0 saturated carbocycles. The maximum atomic E-state index is 10.8. The van der Waals surface area contributed by atoms with Crippen LogP contribution >= 0.6 is 0 Å². The fourth-order valence-electron chi connectivity index (χ4n) is 1.58. The molecule has 0 aliphatic heterocycles. The van der Waals surface area contributed by atoms with E-state index < -0.39 is 24.3 Å². The number of nitrogens with one attached hydrogen (secondary N) is 1. The van der Waals surface area contributed by atoms with Crippen molar-refractivity contribution in [3.8, 4) is 0 Å². The number of aromatic nitrogens is 2. The van der Waals surface area contributed by atoms with Crippen LogP contribution in [-0.4, -0.2) is 39.4 Å². The number of hydrogen-bond acceptors (Lipinski definition) is 2. The van der Waals surface area contributed by atoms with Gasteiger partial charge >= 0.3 is 97.7 Å². The van der Waals surface area contributed by atoms with Gasteiger partial charge in [-0.1, -0.05) is 0 Å². The molecule has 0 fully saturated rings. The Kier molecular flexibility index (Phi) is 2.69. The topological polar surface area (TPSA) is 66.0 Å². The van der Waals surface area contributed by atoms with E-state index in [1.165, 1.54) is 3.58 Å². The molecule has 0 saturated heterocycles. The third-order valence-electron chi connectivity index (χ3n) is 2.55. The number of nitrogens with zero attached hydrogens (tertiary/aromatic N) is 1. The average molecular weight is 325 g/mol. The van der Waals surface area contributed by atoms with Crippen molar-refractivity contribution in [2.45, 2.75) is 14.8 Å². The van der Waals surface area contributed by atoms with Crippen molar-refractivity contribution in [2.24, 2.45) is 0 Å². The number of carbonyl (C=O) groups is 1. The number of rotatable bonds is 2. The first-order valence-corrected chi connectivity index (χ1v) is 15.1. The third-order valence-corrected chi connectivity index (χ3v) is 8.38. The van der Waals surface area contributed by atoms with E-state index in [1.54, 1.807) is 0 Å². The van der Waals surface area contributed by atoms with Crippen LogP contribution in [0, 0.1) is 0 Å². The van der Waals surface area contributed by atoms with Gasteiger partial charge in [-0.15, -0.1) is 0 Å². The number of imidazole rings is 1. The molecule has 0 radical (unpaired) electrons. The minimum atomic E-state index is -2.08. The third kappa shape index (κ3) is 2.06. The molecule has 2 N–H and O–H groups in total. The van der Waals surface area contributed by atoms with E-state index in [-0.39, 0.29) is 5.82 Å². The molecule has 0 unspecified atom stereocenters. The summed E-state index contributed by atoms with van der Waals surface area (Å²) in [4.78, 5) is 24.6. The molecule has 0 atom stereocenters. The van der Waals surface area contributed by atoms with E-state index in [1.807, 2.05) is 12.1 Å². The Hall–Kier alpha value is -1.04. The van der Waals surface area contributed by atoms with Crippen molar-refractivity contribution < 1.29 is 9.90 Å². The van der Waals surface area contributed by atoms with Gasteiger partial charge in [0.2, 0.25) is 0 Å². The van der Waals surface area contributed by atoms with E-state index in [0.717, 1.165) is 11.0 Å². The number of carboxylic acids is 1. The number of carboxylic acid groups (broad SMARTS) is 1. The van der Waals surface area contributed by atoms with Crippen molar-refractivity contribution in [1.82, 2.24) is 9.97 Å². The predicted octanol–water partition coefficient (Wildman–Crippen LogP) is 1.81. The fraction of sp³-hybridized carbons (Fsp3) is 0.273. The number of benzene rings is 1. The zero-order valence-electron chi connectivity index (χ0n) is 9.53. The van der Waals surface area contributed by atoms with Gasteiger partial charge in [-0.2, -0.15) is 0 Å². The maximum absolute atomic E-state index is 10.8. The van der Waals surface area contributed by atoms with Crippen LogP contribution in [0.3, 0.4) is 0 Å². The van der Waals surface area contributed by atoms with Gasteiger partial charge in [-0.05, 0) is 0 Å². The number of hydrogen-bond donors (Lipinski definition) is 2. The Morgan fingerprint density at radius 2 is 2.06 bits per heavy atom. The first kappa shape index (κ1) is 11.4. The van der Waals surface area contributed by atoms with Gasteiger partial charge < -0.3 is 0 Å². The quantitative estimate of drug-likeness (QED) is 0.828. The van der Waals surface area contributed by atoms with Gasteiger partial charge in [0.25, 0.3) is 0 Å². The predicted molar refractivity (Wildman–Crippen MR) is 66.0 cm³/mol. The van der Waals surface area contributed by atoms with Gasteiger partial charge in [-0.25, -0.2) is 0 Å².